The van der Waals surface area contributed by atoms with Crippen molar-refractivity contribution in [3.8, 4) is 5.75 Å². The van der Waals surface area contributed by atoms with E-state index in [9.17, 15) is 13.5 Å². The molecule has 5 nitrogen and oxygen atoms in total. The number of rotatable bonds is 3. The lowest BCUT2D eigenvalue weighted by atomic mass is 10.0. The van der Waals surface area contributed by atoms with Gasteiger partial charge in [0.05, 0.1) is 12.2 Å². The van der Waals surface area contributed by atoms with Crippen LogP contribution in [0.15, 0.2) is 88.2 Å². The number of phenols is 1. The minimum atomic E-state index is -3.78. The largest absolute Gasteiger partial charge is 0.508 e. The van der Waals surface area contributed by atoms with E-state index in [2.05, 4.69) is 28.7 Å². The van der Waals surface area contributed by atoms with Crippen LogP contribution >= 0.6 is 0 Å². The van der Waals surface area contributed by atoms with Crippen molar-refractivity contribution >= 4 is 32.3 Å². The number of sulfonamides is 1. The van der Waals surface area contributed by atoms with Crippen LogP contribution in [0, 0.1) is 0 Å². The number of fused-ring (bicyclic) bond motifs is 1. The fourth-order valence-electron chi connectivity index (χ4n) is 4.84. The maximum absolute atomic E-state index is 12.8. The third kappa shape index (κ3) is 2.83. The molecule has 1 aliphatic heterocycles. The van der Waals surface area contributed by atoms with Gasteiger partial charge in [-0.2, -0.15) is 8.42 Å². The van der Waals surface area contributed by atoms with Crippen LogP contribution in [0.2, 0.25) is 0 Å². The number of phenolic OH excluding ortho intramolecular Hbond substituents is 1. The van der Waals surface area contributed by atoms with Crippen LogP contribution < -0.4 is 4.90 Å². The zero-order valence-corrected chi connectivity index (χ0v) is 18.0. The molecule has 6 heteroatoms. The highest BCUT2D eigenvalue weighted by Crippen LogP contribution is 2.39. The van der Waals surface area contributed by atoms with Crippen molar-refractivity contribution in [1.29, 1.82) is 0 Å². The van der Waals surface area contributed by atoms with Crippen molar-refractivity contribution in [3.05, 3.63) is 101 Å². The molecule has 0 amide bonds. The lowest BCUT2D eigenvalue weighted by Crippen LogP contribution is -2.30. The monoisotopic (exact) mass is 440 g/mol. The zero-order valence-electron chi connectivity index (χ0n) is 17.2. The second-order valence-electron chi connectivity index (χ2n) is 8.18. The fourth-order valence-corrected chi connectivity index (χ4v) is 6.05. The van der Waals surface area contributed by atoms with Crippen molar-refractivity contribution in [3.63, 3.8) is 0 Å². The Morgan fingerprint density at radius 2 is 1.59 bits per heavy atom. The number of anilines is 1. The van der Waals surface area contributed by atoms with Gasteiger partial charge in [-0.15, -0.1) is 4.40 Å². The lowest BCUT2D eigenvalue weighted by Gasteiger charge is -2.27. The number of para-hydroxylation sites is 1. The highest BCUT2D eigenvalue weighted by Gasteiger charge is 2.33. The van der Waals surface area contributed by atoms with Gasteiger partial charge in [0, 0.05) is 16.5 Å². The molecule has 4 aromatic rings. The second-order valence-corrected chi connectivity index (χ2v) is 9.76. The van der Waals surface area contributed by atoms with E-state index in [0.29, 0.717) is 17.0 Å². The first kappa shape index (κ1) is 19.1. The molecule has 32 heavy (non-hydrogen) atoms. The minimum absolute atomic E-state index is 0.165. The Kier molecular flexibility index (Phi) is 4.13. The van der Waals surface area contributed by atoms with Crippen molar-refractivity contribution in [2.24, 2.45) is 4.40 Å². The Balaban J connectivity index is 1.61. The lowest BCUT2D eigenvalue weighted by molar-refractivity contribution is 0.468. The minimum Gasteiger partial charge on any atom is -0.508 e. The molecular weight excluding hydrogens is 420 g/mol. The van der Waals surface area contributed by atoms with Crippen LogP contribution in [0.4, 0.5) is 5.69 Å². The van der Waals surface area contributed by atoms with Crippen molar-refractivity contribution in [1.82, 2.24) is 0 Å². The Labute approximate surface area is 186 Å². The van der Waals surface area contributed by atoms with Crippen molar-refractivity contribution in [2.75, 3.05) is 4.90 Å². The maximum atomic E-state index is 12.8. The fraction of sp³-hybridized carbons (Fsp3) is 0.115. The SMILES string of the molecule is O=S1(=O)N=C(N(Cc2ccccc2O)c2ccc3c4c(cccc24)CC3)c2ccccc21. The van der Waals surface area contributed by atoms with Gasteiger partial charge < -0.3 is 10.0 Å². The van der Waals surface area contributed by atoms with Gasteiger partial charge in [0.15, 0.2) is 5.84 Å². The second kappa shape index (κ2) is 6.93. The molecular formula is C26H20N2O3S. The van der Waals surface area contributed by atoms with Gasteiger partial charge in [0.2, 0.25) is 0 Å². The average molecular weight is 441 g/mol. The van der Waals surface area contributed by atoms with E-state index in [1.165, 1.54) is 16.5 Å². The number of benzene rings is 4. The van der Waals surface area contributed by atoms with Gasteiger partial charge in [-0.05, 0) is 53.6 Å². The van der Waals surface area contributed by atoms with E-state index in [4.69, 9.17) is 0 Å². The summed E-state index contributed by atoms with van der Waals surface area (Å²) in [7, 11) is -3.78. The molecule has 0 fully saturated rings. The third-order valence-corrected chi connectivity index (χ3v) is 7.66. The number of aromatic hydroxyl groups is 1. The number of amidine groups is 1. The zero-order chi connectivity index (χ0) is 21.9. The van der Waals surface area contributed by atoms with E-state index in [0.717, 1.165) is 23.9 Å². The Morgan fingerprint density at radius 3 is 2.44 bits per heavy atom. The first-order chi connectivity index (χ1) is 15.5. The summed E-state index contributed by atoms with van der Waals surface area (Å²) in [6, 6.07) is 24.5. The molecule has 0 unspecified atom stereocenters. The standard InChI is InChI=1S/C26H20N2O3S/c29-23-10-3-1-6-19(23)16-28(26-21-8-2-4-11-24(21)32(30,31)27-26)22-15-14-18-13-12-17-7-5-9-20(22)25(17)18/h1-11,14-15,29H,12-13,16H2. The molecule has 0 saturated heterocycles. The van der Waals surface area contributed by atoms with Gasteiger partial charge in [-0.1, -0.05) is 54.6 Å². The number of hydrogen-bond donors (Lipinski definition) is 1. The van der Waals surface area contributed by atoms with Gasteiger partial charge in [-0.3, -0.25) is 0 Å². The quantitative estimate of drug-likeness (QED) is 0.497. The maximum Gasteiger partial charge on any atom is 0.285 e. The molecule has 158 valence electrons. The van der Waals surface area contributed by atoms with Crippen molar-refractivity contribution < 1.29 is 13.5 Å². The number of hydrogen-bond acceptors (Lipinski definition) is 4. The summed E-state index contributed by atoms with van der Waals surface area (Å²) in [4.78, 5) is 2.13. The molecule has 0 saturated carbocycles. The molecule has 1 N–H and O–H groups in total. The van der Waals surface area contributed by atoms with E-state index in [1.807, 2.05) is 29.2 Å². The smallest absolute Gasteiger partial charge is 0.285 e. The van der Waals surface area contributed by atoms with Crippen LogP contribution in [0.1, 0.15) is 22.3 Å². The third-order valence-electron chi connectivity index (χ3n) is 6.33. The van der Waals surface area contributed by atoms with Crippen LogP contribution in [-0.4, -0.2) is 19.4 Å². The first-order valence-corrected chi connectivity index (χ1v) is 12.0. The van der Waals surface area contributed by atoms with Crippen LogP contribution in [-0.2, 0) is 29.4 Å². The average Bonchev–Trinajstić information content (AvgIpc) is 3.34. The molecule has 4 aromatic carbocycles. The highest BCUT2D eigenvalue weighted by atomic mass is 32.2. The van der Waals surface area contributed by atoms with Crippen LogP contribution in [0.3, 0.4) is 0 Å². The summed E-state index contributed by atoms with van der Waals surface area (Å²) >= 11 is 0. The first-order valence-electron chi connectivity index (χ1n) is 10.6. The van der Waals surface area contributed by atoms with Crippen LogP contribution in [0.25, 0.3) is 10.8 Å². The topological polar surface area (TPSA) is 70.0 Å². The molecule has 1 heterocycles. The van der Waals surface area contributed by atoms with Gasteiger partial charge in [0.1, 0.15) is 10.6 Å². The highest BCUT2D eigenvalue weighted by molar-refractivity contribution is 7.90. The Bertz CT molecular complexity index is 1530. The molecule has 2 aliphatic rings. The predicted molar refractivity (Wildman–Crippen MR) is 126 cm³/mol. The van der Waals surface area contributed by atoms with Gasteiger partial charge in [0.25, 0.3) is 10.0 Å². The molecule has 0 spiro atoms. The summed E-state index contributed by atoms with van der Waals surface area (Å²) in [5, 5.41) is 12.8. The van der Waals surface area contributed by atoms with Gasteiger partial charge >= 0.3 is 0 Å². The Hall–Kier alpha value is -3.64. The van der Waals surface area contributed by atoms with E-state index < -0.39 is 10.0 Å². The summed E-state index contributed by atoms with van der Waals surface area (Å²) in [5.41, 5.74) is 4.76. The van der Waals surface area contributed by atoms with E-state index in [-0.39, 0.29) is 17.2 Å². The molecule has 0 aromatic heterocycles. The summed E-state index contributed by atoms with van der Waals surface area (Å²) < 4.78 is 29.9. The van der Waals surface area contributed by atoms with E-state index in [1.54, 1.807) is 30.3 Å². The molecule has 1 aliphatic carbocycles. The molecule has 6 rings (SSSR count). The summed E-state index contributed by atoms with van der Waals surface area (Å²) in [5.74, 6) is 0.542. The van der Waals surface area contributed by atoms with Crippen molar-refractivity contribution in [2.45, 2.75) is 24.3 Å². The molecule has 0 bridgehead atoms. The van der Waals surface area contributed by atoms with E-state index >= 15 is 0 Å². The summed E-state index contributed by atoms with van der Waals surface area (Å²) in [6.45, 7) is 0.286. The molecule has 0 atom stereocenters. The van der Waals surface area contributed by atoms with Gasteiger partial charge in [-0.25, -0.2) is 0 Å². The number of aryl methyl sites for hydroxylation is 2. The Morgan fingerprint density at radius 1 is 0.844 bits per heavy atom. The van der Waals surface area contributed by atoms with Crippen LogP contribution in [0.5, 0.6) is 5.75 Å². The predicted octanol–water partition coefficient (Wildman–Crippen LogP) is 4.80. The number of nitrogens with zero attached hydrogens (tertiary/aromatic N) is 2. The summed E-state index contributed by atoms with van der Waals surface area (Å²) in [6.07, 6.45) is 2.02. The molecule has 0 radical (unpaired) electrons. The normalized spacial score (nSPS) is 15.6.